The average molecular weight is 140 g/mol. The number of hydrogen-bond acceptors (Lipinski definition) is 0. The topological polar surface area (TPSA) is 0 Å². The molecule has 0 heterocycles. The van der Waals surface area contributed by atoms with Crippen LogP contribution in [0.25, 0.3) is 0 Å². The second-order valence-corrected chi connectivity index (χ2v) is 2.24. The molecule has 1 aromatic rings. The molecule has 0 aliphatic carbocycles. The molecule has 56 valence electrons. The molecule has 10 heavy (non-hydrogen) atoms. The fourth-order valence-corrected chi connectivity index (χ4v) is 0.933. The first kappa shape index (κ1) is 9.15. The van der Waals surface area contributed by atoms with Gasteiger partial charge in [-0.05, 0) is 12.0 Å². The van der Waals surface area contributed by atoms with Crippen molar-refractivity contribution < 1.29 is 4.70 Å². The Kier molecular flexibility index (Phi) is 4.55. The van der Waals surface area contributed by atoms with E-state index in [1.165, 1.54) is 18.4 Å². The molecule has 0 unspecified atom stereocenters. The highest BCUT2D eigenvalue weighted by molar-refractivity contribution is 5.14. The van der Waals surface area contributed by atoms with Gasteiger partial charge in [-0.1, -0.05) is 43.7 Å². The molecule has 0 N–H and O–H groups in total. The monoisotopic (exact) mass is 140 g/mol. The molecule has 0 aliphatic rings. The van der Waals surface area contributed by atoms with E-state index in [9.17, 15) is 0 Å². The molecule has 1 rings (SSSR count). The number of rotatable bonds is 2. The Bertz CT molecular complexity index is 158. The predicted octanol–water partition coefficient (Wildman–Crippen LogP) is 2.79. The van der Waals surface area contributed by atoms with Crippen LogP contribution in [-0.2, 0) is 6.42 Å². The van der Waals surface area contributed by atoms with E-state index in [0.717, 1.165) is 0 Å². The first-order valence-corrected chi connectivity index (χ1v) is 3.47. The summed E-state index contributed by atoms with van der Waals surface area (Å²) in [6.45, 7) is 2.20. The van der Waals surface area contributed by atoms with Crippen molar-refractivity contribution in [2.45, 2.75) is 19.8 Å². The number of benzene rings is 1. The van der Waals surface area contributed by atoms with Gasteiger partial charge in [-0.15, -0.1) is 0 Å². The van der Waals surface area contributed by atoms with E-state index in [0.29, 0.717) is 0 Å². The van der Waals surface area contributed by atoms with Crippen molar-refractivity contribution >= 4 is 0 Å². The highest BCUT2D eigenvalue weighted by Crippen LogP contribution is 2.00. The lowest BCUT2D eigenvalue weighted by atomic mass is 10.1. The van der Waals surface area contributed by atoms with Gasteiger partial charge in [-0.25, -0.2) is 0 Å². The summed E-state index contributed by atoms with van der Waals surface area (Å²) in [5.41, 5.74) is 1.44. The van der Waals surface area contributed by atoms with Crippen molar-refractivity contribution in [2.75, 3.05) is 0 Å². The lowest BCUT2D eigenvalue weighted by Gasteiger charge is -1.93. The Morgan fingerprint density at radius 3 is 2.20 bits per heavy atom. The highest BCUT2D eigenvalue weighted by atomic mass is 19.0. The quantitative estimate of drug-likeness (QED) is 0.592. The van der Waals surface area contributed by atoms with Crippen LogP contribution in [-0.4, -0.2) is 0 Å². The van der Waals surface area contributed by atoms with Gasteiger partial charge in [0, 0.05) is 0 Å². The first-order valence-electron chi connectivity index (χ1n) is 3.47. The highest BCUT2D eigenvalue weighted by Gasteiger charge is 1.84. The van der Waals surface area contributed by atoms with Crippen LogP contribution in [0.3, 0.4) is 0 Å². The Hall–Kier alpha value is -0.850. The minimum atomic E-state index is 0. The minimum absolute atomic E-state index is 0. The van der Waals surface area contributed by atoms with Crippen molar-refractivity contribution in [1.29, 1.82) is 0 Å². The summed E-state index contributed by atoms with van der Waals surface area (Å²) in [5, 5.41) is 0. The van der Waals surface area contributed by atoms with Crippen LogP contribution in [0.2, 0.25) is 0 Å². The van der Waals surface area contributed by atoms with Crippen molar-refractivity contribution in [2.24, 2.45) is 0 Å². The van der Waals surface area contributed by atoms with E-state index in [1.54, 1.807) is 0 Å². The van der Waals surface area contributed by atoms with E-state index in [2.05, 4.69) is 37.3 Å². The summed E-state index contributed by atoms with van der Waals surface area (Å²) in [6, 6.07) is 10.6. The van der Waals surface area contributed by atoms with Crippen molar-refractivity contribution in [3.63, 3.8) is 0 Å². The molecule has 0 spiro atoms. The van der Waals surface area contributed by atoms with Gasteiger partial charge in [0.25, 0.3) is 0 Å². The maximum absolute atomic E-state index is 2.20. The smallest absolute Gasteiger partial charge is 0.0281 e. The van der Waals surface area contributed by atoms with Gasteiger partial charge < -0.3 is 0 Å². The number of halogens is 1. The van der Waals surface area contributed by atoms with Gasteiger partial charge in [-0.2, -0.15) is 0 Å². The number of hydrogen-bond donors (Lipinski definition) is 0. The SMILES string of the molecule is CCCc1ccccc1.F. The molecule has 0 aromatic heterocycles. The molecule has 0 saturated heterocycles. The van der Waals surface area contributed by atoms with Crippen molar-refractivity contribution in [3.8, 4) is 0 Å². The maximum atomic E-state index is 2.20. The van der Waals surface area contributed by atoms with E-state index in [1.807, 2.05) is 0 Å². The van der Waals surface area contributed by atoms with Gasteiger partial charge in [0.15, 0.2) is 0 Å². The van der Waals surface area contributed by atoms with Crippen LogP contribution in [0.4, 0.5) is 4.70 Å². The lowest BCUT2D eigenvalue weighted by Crippen LogP contribution is -1.78. The zero-order chi connectivity index (χ0) is 6.53. The average Bonchev–Trinajstić information content (AvgIpc) is 1.91. The van der Waals surface area contributed by atoms with E-state index < -0.39 is 0 Å². The van der Waals surface area contributed by atoms with Crippen LogP contribution >= 0.6 is 0 Å². The molecule has 0 aliphatic heterocycles. The first-order chi connectivity index (χ1) is 4.43. The Morgan fingerprint density at radius 2 is 1.70 bits per heavy atom. The molecule has 0 radical (unpaired) electrons. The minimum Gasteiger partial charge on any atom is -0.269 e. The summed E-state index contributed by atoms with van der Waals surface area (Å²) in [4.78, 5) is 0. The Morgan fingerprint density at radius 1 is 1.10 bits per heavy atom. The third-order valence-electron chi connectivity index (χ3n) is 1.38. The van der Waals surface area contributed by atoms with Crippen LogP contribution in [0, 0.1) is 0 Å². The van der Waals surface area contributed by atoms with E-state index in [-0.39, 0.29) is 4.70 Å². The fourth-order valence-electron chi connectivity index (χ4n) is 0.933. The summed E-state index contributed by atoms with van der Waals surface area (Å²) in [6.07, 6.45) is 2.45. The third kappa shape index (κ3) is 2.62. The van der Waals surface area contributed by atoms with Crippen LogP contribution in [0.5, 0.6) is 0 Å². The molecule has 0 atom stereocenters. The number of aryl methyl sites for hydroxylation is 1. The summed E-state index contributed by atoms with van der Waals surface area (Å²) < 4.78 is 0. The predicted molar refractivity (Wildman–Crippen MR) is 42.9 cm³/mol. The van der Waals surface area contributed by atoms with Gasteiger partial charge in [0.05, 0.1) is 0 Å². The molecule has 1 heteroatoms. The fraction of sp³-hybridized carbons (Fsp3) is 0.333. The third-order valence-corrected chi connectivity index (χ3v) is 1.38. The summed E-state index contributed by atoms with van der Waals surface area (Å²) in [5.74, 6) is 0. The van der Waals surface area contributed by atoms with Gasteiger partial charge in [0.2, 0.25) is 0 Å². The molecule has 0 fully saturated rings. The Balaban J connectivity index is 0.000000810. The van der Waals surface area contributed by atoms with Crippen LogP contribution < -0.4 is 0 Å². The molecular weight excluding hydrogens is 127 g/mol. The van der Waals surface area contributed by atoms with Crippen molar-refractivity contribution in [1.82, 2.24) is 0 Å². The standard InChI is InChI=1S/C9H12.FH/c1-2-6-9-7-4-3-5-8-9;/h3-5,7-8H,2,6H2,1H3;1H. The summed E-state index contributed by atoms with van der Waals surface area (Å²) >= 11 is 0. The van der Waals surface area contributed by atoms with Gasteiger partial charge in [-0.3, -0.25) is 4.70 Å². The zero-order valence-electron chi connectivity index (χ0n) is 6.21. The molecule has 1 aromatic carbocycles. The van der Waals surface area contributed by atoms with E-state index in [4.69, 9.17) is 0 Å². The zero-order valence-corrected chi connectivity index (χ0v) is 6.21. The molecule has 0 saturated carbocycles. The molecule has 0 amide bonds. The van der Waals surface area contributed by atoms with E-state index >= 15 is 0 Å². The largest absolute Gasteiger partial charge is 0.269 e. The maximum Gasteiger partial charge on any atom is -0.0281 e. The van der Waals surface area contributed by atoms with Crippen LogP contribution in [0.1, 0.15) is 18.9 Å². The van der Waals surface area contributed by atoms with Crippen molar-refractivity contribution in [3.05, 3.63) is 35.9 Å². The molecule has 0 nitrogen and oxygen atoms in total. The normalized spacial score (nSPS) is 8.50. The van der Waals surface area contributed by atoms with Gasteiger partial charge in [0.1, 0.15) is 0 Å². The second kappa shape index (κ2) is 4.98. The van der Waals surface area contributed by atoms with Crippen LogP contribution in [0.15, 0.2) is 30.3 Å². The molecule has 0 bridgehead atoms. The summed E-state index contributed by atoms with van der Waals surface area (Å²) in [7, 11) is 0. The lowest BCUT2D eigenvalue weighted by molar-refractivity contribution is 0.922. The molecular formula is C9H13F. The Labute approximate surface area is 61.3 Å². The van der Waals surface area contributed by atoms with Gasteiger partial charge >= 0.3 is 0 Å². The second-order valence-electron chi connectivity index (χ2n) is 2.24.